The molecule has 3 N–H and O–H groups in total. The predicted molar refractivity (Wildman–Crippen MR) is 66.8 cm³/mol. The minimum Gasteiger partial charge on any atom is -0.481 e. The predicted octanol–water partition coefficient (Wildman–Crippen LogP) is 1.41. The van der Waals surface area contributed by atoms with Gasteiger partial charge >= 0.3 is 5.97 Å². The zero-order valence-corrected chi connectivity index (χ0v) is 10.6. The molecule has 0 aromatic carbocycles. The Morgan fingerprint density at radius 3 is 2.78 bits per heavy atom. The van der Waals surface area contributed by atoms with Gasteiger partial charge in [0.25, 0.3) is 0 Å². The van der Waals surface area contributed by atoms with Crippen molar-refractivity contribution < 1.29 is 14.7 Å². The van der Waals surface area contributed by atoms with Crippen LogP contribution in [0, 0.1) is 5.92 Å². The highest BCUT2D eigenvalue weighted by Gasteiger charge is 2.36. The summed E-state index contributed by atoms with van der Waals surface area (Å²) in [5, 5.41) is 8.98. The number of hydrogen-bond acceptors (Lipinski definition) is 4. The minimum absolute atomic E-state index is 0.0101. The number of anilines is 2. The lowest BCUT2D eigenvalue weighted by Crippen LogP contribution is -2.26. The van der Waals surface area contributed by atoms with Crippen LogP contribution in [0.2, 0.25) is 10.3 Å². The average Bonchev–Trinajstić information content (AvgIpc) is 2.66. The number of rotatable bonds is 2. The zero-order valence-electron chi connectivity index (χ0n) is 9.06. The van der Waals surface area contributed by atoms with Crippen LogP contribution in [0.3, 0.4) is 0 Å². The average molecular weight is 290 g/mol. The number of nitrogens with zero attached hydrogens (tertiary/aromatic N) is 2. The number of amides is 1. The number of nitrogens with two attached hydrogens (primary N) is 1. The fourth-order valence-electron chi connectivity index (χ4n) is 1.81. The molecule has 1 saturated heterocycles. The third-order valence-electron chi connectivity index (χ3n) is 2.72. The van der Waals surface area contributed by atoms with Gasteiger partial charge in [-0.1, -0.05) is 23.2 Å². The minimum atomic E-state index is -1.02. The standard InChI is InChI=1S/C10H9Cl2N3O3/c11-6-2-5(8(13)9(12)14-6)15-3-4(10(17)18)1-7(15)16/h2,4H,1,3,13H2,(H,17,18). The van der Waals surface area contributed by atoms with Gasteiger partial charge in [0.15, 0.2) is 5.15 Å². The number of pyridine rings is 1. The maximum absolute atomic E-state index is 11.8. The highest BCUT2D eigenvalue weighted by atomic mass is 35.5. The molecule has 0 saturated carbocycles. The molecule has 18 heavy (non-hydrogen) atoms. The second kappa shape index (κ2) is 4.62. The summed E-state index contributed by atoms with van der Waals surface area (Å²) in [6, 6.07) is 1.39. The van der Waals surface area contributed by atoms with Crippen LogP contribution in [-0.4, -0.2) is 28.5 Å². The van der Waals surface area contributed by atoms with Gasteiger partial charge in [0, 0.05) is 19.0 Å². The third kappa shape index (κ3) is 2.21. The molecule has 96 valence electrons. The molecule has 1 aromatic rings. The monoisotopic (exact) mass is 289 g/mol. The highest BCUT2D eigenvalue weighted by molar-refractivity contribution is 6.35. The molecule has 1 aliphatic heterocycles. The third-order valence-corrected chi connectivity index (χ3v) is 3.21. The molecule has 1 fully saturated rings. The molecule has 2 rings (SSSR count). The molecule has 2 heterocycles. The van der Waals surface area contributed by atoms with Crippen molar-refractivity contribution in [2.45, 2.75) is 6.42 Å². The largest absolute Gasteiger partial charge is 0.481 e. The van der Waals surface area contributed by atoms with Gasteiger partial charge in [-0.15, -0.1) is 0 Å². The number of hydrogen-bond donors (Lipinski definition) is 2. The lowest BCUT2D eigenvalue weighted by atomic mass is 10.1. The molecule has 6 nitrogen and oxygen atoms in total. The summed E-state index contributed by atoms with van der Waals surface area (Å²) < 4.78 is 0. The maximum atomic E-state index is 11.8. The molecular weight excluding hydrogens is 281 g/mol. The number of aromatic nitrogens is 1. The fourth-order valence-corrected chi connectivity index (χ4v) is 2.23. The van der Waals surface area contributed by atoms with Crippen LogP contribution in [0.4, 0.5) is 11.4 Å². The Bertz CT molecular complexity index is 535. The summed E-state index contributed by atoms with van der Waals surface area (Å²) >= 11 is 11.5. The topological polar surface area (TPSA) is 96.5 Å². The quantitative estimate of drug-likeness (QED) is 0.803. The van der Waals surface area contributed by atoms with Gasteiger partial charge in [-0.05, 0) is 0 Å². The van der Waals surface area contributed by atoms with Crippen LogP contribution in [0.1, 0.15) is 6.42 Å². The normalized spacial score (nSPS) is 19.3. The molecule has 0 aliphatic carbocycles. The molecule has 1 amide bonds. The van der Waals surface area contributed by atoms with Crippen LogP contribution in [0.25, 0.3) is 0 Å². The summed E-state index contributed by atoms with van der Waals surface area (Å²) in [6.07, 6.45) is -0.0632. The smallest absolute Gasteiger partial charge is 0.308 e. The number of carbonyl (C=O) groups is 2. The zero-order chi connectivity index (χ0) is 13.4. The summed E-state index contributed by atoms with van der Waals surface area (Å²) in [5.41, 5.74) is 6.13. The Morgan fingerprint density at radius 1 is 1.56 bits per heavy atom. The van der Waals surface area contributed by atoms with Crippen molar-refractivity contribution in [3.63, 3.8) is 0 Å². The SMILES string of the molecule is Nc1c(N2CC(C(=O)O)CC2=O)cc(Cl)nc1Cl. The van der Waals surface area contributed by atoms with E-state index >= 15 is 0 Å². The van der Waals surface area contributed by atoms with Crippen LogP contribution in [0.15, 0.2) is 6.07 Å². The van der Waals surface area contributed by atoms with Gasteiger partial charge < -0.3 is 15.7 Å². The number of carboxylic acid groups (broad SMARTS) is 1. The van der Waals surface area contributed by atoms with E-state index in [0.717, 1.165) is 0 Å². The summed E-state index contributed by atoms with van der Waals surface area (Å²) in [4.78, 5) is 27.6. The first kappa shape index (κ1) is 12.9. The van der Waals surface area contributed by atoms with E-state index in [1.807, 2.05) is 0 Å². The molecule has 0 radical (unpaired) electrons. The van der Waals surface area contributed by atoms with E-state index in [-0.39, 0.29) is 34.9 Å². The molecular formula is C10H9Cl2N3O3. The fraction of sp³-hybridized carbons (Fsp3) is 0.300. The molecule has 1 atom stereocenters. The van der Waals surface area contributed by atoms with Crippen molar-refractivity contribution in [3.8, 4) is 0 Å². The van der Waals surface area contributed by atoms with Crippen LogP contribution < -0.4 is 10.6 Å². The van der Waals surface area contributed by atoms with Gasteiger partial charge in [0.1, 0.15) is 5.15 Å². The van der Waals surface area contributed by atoms with Gasteiger partial charge in [0.2, 0.25) is 5.91 Å². The van der Waals surface area contributed by atoms with Crippen LogP contribution in [0.5, 0.6) is 0 Å². The molecule has 1 aromatic heterocycles. The molecule has 0 spiro atoms. The van der Waals surface area contributed by atoms with Gasteiger partial charge in [-0.25, -0.2) is 4.98 Å². The van der Waals surface area contributed by atoms with Crippen molar-refractivity contribution >= 4 is 46.5 Å². The van der Waals surface area contributed by atoms with E-state index in [1.165, 1.54) is 11.0 Å². The Kier molecular flexibility index (Phi) is 3.32. The molecule has 1 unspecified atom stereocenters. The van der Waals surface area contributed by atoms with Crippen molar-refractivity contribution in [2.75, 3.05) is 17.2 Å². The van der Waals surface area contributed by atoms with Gasteiger partial charge in [-0.2, -0.15) is 0 Å². The van der Waals surface area contributed by atoms with E-state index in [1.54, 1.807) is 0 Å². The first-order chi connectivity index (χ1) is 8.40. The Hall–Kier alpha value is -1.53. The van der Waals surface area contributed by atoms with Crippen molar-refractivity contribution in [1.82, 2.24) is 4.98 Å². The Morgan fingerprint density at radius 2 is 2.22 bits per heavy atom. The van der Waals surface area contributed by atoms with Gasteiger partial charge in [-0.3, -0.25) is 9.59 Å². The van der Waals surface area contributed by atoms with E-state index in [2.05, 4.69) is 4.98 Å². The second-order valence-corrected chi connectivity index (χ2v) is 4.66. The maximum Gasteiger partial charge on any atom is 0.308 e. The van der Waals surface area contributed by atoms with Crippen LogP contribution in [-0.2, 0) is 9.59 Å². The molecule has 1 aliphatic rings. The molecule has 8 heteroatoms. The van der Waals surface area contributed by atoms with Crippen molar-refractivity contribution in [2.24, 2.45) is 5.92 Å². The van der Waals surface area contributed by atoms with Gasteiger partial charge in [0.05, 0.1) is 17.3 Å². The van der Waals surface area contributed by atoms with Crippen LogP contribution >= 0.6 is 23.2 Å². The summed E-state index contributed by atoms with van der Waals surface area (Å²) in [6.45, 7) is 0.0506. The van der Waals surface area contributed by atoms with E-state index in [0.29, 0.717) is 5.69 Å². The Balaban J connectivity index is 2.38. The van der Waals surface area contributed by atoms with Crippen molar-refractivity contribution in [1.29, 1.82) is 0 Å². The summed E-state index contributed by atoms with van der Waals surface area (Å²) in [7, 11) is 0. The van der Waals surface area contributed by atoms with E-state index in [4.69, 9.17) is 34.0 Å². The second-order valence-electron chi connectivity index (χ2n) is 3.91. The number of aliphatic carboxylic acids is 1. The molecule has 0 bridgehead atoms. The highest BCUT2D eigenvalue weighted by Crippen LogP contribution is 2.35. The number of nitrogen functional groups attached to an aromatic ring is 1. The number of carboxylic acids is 1. The lowest BCUT2D eigenvalue weighted by molar-refractivity contribution is -0.141. The summed E-state index contributed by atoms with van der Waals surface area (Å²) in [5.74, 6) is -2.09. The van der Waals surface area contributed by atoms with E-state index < -0.39 is 11.9 Å². The van der Waals surface area contributed by atoms with E-state index in [9.17, 15) is 9.59 Å². The lowest BCUT2D eigenvalue weighted by Gasteiger charge is -2.18. The first-order valence-electron chi connectivity index (χ1n) is 5.05. The first-order valence-corrected chi connectivity index (χ1v) is 5.80. The number of halogens is 2. The van der Waals surface area contributed by atoms with Crippen molar-refractivity contribution in [3.05, 3.63) is 16.4 Å². The Labute approximate surface area is 112 Å². The number of carbonyl (C=O) groups excluding carboxylic acids is 1.